The molecule has 0 radical (unpaired) electrons. The monoisotopic (exact) mass is 455 g/mol. The zero-order valence-corrected chi connectivity index (χ0v) is 17.9. The fourth-order valence-corrected chi connectivity index (χ4v) is 4.26. The van der Waals surface area contributed by atoms with Crippen LogP contribution in [0.5, 0.6) is 0 Å². The van der Waals surface area contributed by atoms with Crippen LogP contribution in [0.2, 0.25) is 0 Å². The van der Waals surface area contributed by atoms with Crippen molar-refractivity contribution in [3.05, 3.63) is 99.4 Å². The summed E-state index contributed by atoms with van der Waals surface area (Å²) in [5.74, 6) is -0.327. The van der Waals surface area contributed by atoms with Crippen LogP contribution in [0.1, 0.15) is 11.1 Å². The van der Waals surface area contributed by atoms with Crippen molar-refractivity contribution >= 4 is 50.7 Å². The average molecular weight is 455 g/mol. The molecule has 0 saturated heterocycles. The van der Waals surface area contributed by atoms with Crippen molar-refractivity contribution in [1.82, 2.24) is 4.98 Å². The molecule has 0 atom stereocenters. The molecule has 162 valence electrons. The Balaban J connectivity index is 1.60. The minimum atomic E-state index is -0.472. The lowest BCUT2D eigenvalue weighted by atomic mass is 9.99. The van der Waals surface area contributed by atoms with Crippen molar-refractivity contribution in [2.24, 2.45) is 0 Å². The Morgan fingerprint density at radius 1 is 1.06 bits per heavy atom. The third kappa shape index (κ3) is 3.92. The summed E-state index contributed by atoms with van der Waals surface area (Å²) in [6.07, 6.45) is 0. The van der Waals surface area contributed by atoms with Gasteiger partial charge in [0.2, 0.25) is 0 Å². The Labute approximate surface area is 192 Å². The van der Waals surface area contributed by atoms with Gasteiger partial charge in [0.1, 0.15) is 0 Å². The molecule has 1 amide bonds. The van der Waals surface area contributed by atoms with Crippen LogP contribution in [-0.4, -0.2) is 15.8 Å². The van der Waals surface area contributed by atoms with Crippen molar-refractivity contribution in [3.8, 4) is 11.3 Å². The van der Waals surface area contributed by atoms with Crippen LogP contribution in [-0.2, 0) is 4.79 Å². The number of nitrogens with zero attached hydrogens (tertiary/aromatic N) is 2. The number of rotatable bonds is 5. The molecule has 4 N–H and O–H groups in total. The highest BCUT2D eigenvalue weighted by Gasteiger charge is 2.30. The number of aromatic nitrogens is 1. The third-order valence-electron chi connectivity index (χ3n) is 5.24. The number of non-ortho nitro benzene ring substituents is 1. The van der Waals surface area contributed by atoms with E-state index in [1.807, 2.05) is 60.0 Å². The second kappa shape index (κ2) is 8.21. The molecule has 0 unspecified atom stereocenters. The summed E-state index contributed by atoms with van der Waals surface area (Å²) in [6, 6.07) is 21.3. The van der Waals surface area contributed by atoms with Crippen molar-refractivity contribution in [3.63, 3.8) is 0 Å². The Morgan fingerprint density at radius 3 is 2.48 bits per heavy atom. The minimum absolute atomic E-state index is 0.0814. The van der Waals surface area contributed by atoms with E-state index in [-0.39, 0.29) is 11.6 Å². The zero-order chi connectivity index (χ0) is 22.9. The number of nitro groups is 1. The van der Waals surface area contributed by atoms with Crippen LogP contribution in [0.4, 0.5) is 22.2 Å². The zero-order valence-electron chi connectivity index (χ0n) is 17.1. The second-order valence-electron chi connectivity index (χ2n) is 7.33. The molecule has 0 aliphatic carbocycles. The molecular formula is C24H17N5O3S. The SMILES string of the molecule is Nc1nc(-c2ccc(NC(=C3C(=O)Nc4ccc([N+](=O)[O-])cc43)c3ccccc3)cc2)cs1. The lowest BCUT2D eigenvalue weighted by molar-refractivity contribution is -0.384. The Hall–Kier alpha value is -4.50. The molecule has 4 aromatic rings. The predicted molar refractivity (Wildman–Crippen MR) is 131 cm³/mol. The first-order valence-electron chi connectivity index (χ1n) is 9.98. The fourth-order valence-electron chi connectivity index (χ4n) is 3.69. The molecule has 1 aliphatic heterocycles. The van der Waals surface area contributed by atoms with Crippen LogP contribution in [0.15, 0.2) is 78.2 Å². The maximum absolute atomic E-state index is 13.0. The molecule has 33 heavy (non-hydrogen) atoms. The number of nitrogen functional groups attached to an aromatic ring is 1. The van der Waals surface area contributed by atoms with Gasteiger partial charge in [-0.2, -0.15) is 0 Å². The number of benzene rings is 3. The van der Waals surface area contributed by atoms with Gasteiger partial charge in [-0.25, -0.2) is 4.98 Å². The number of thiazole rings is 1. The van der Waals surface area contributed by atoms with E-state index < -0.39 is 4.92 Å². The predicted octanol–water partition coefficient (Wildman–Crippen LogP) is 5.23. The number of fused-ring (bicyclic) bond motifs is 1. The summed E-state index contributed by atoms with van der Waals surface area (Å²) in [6.45, 7) is 0. The number of amides is 1. The van der Waals surface area contributed by atoms with E-state index in [0.29, 0.717) is 27.7 Å². The van der Waals surface area contributed by atoms with E-state index in [0.717, 1.165) is 22.5 Å². The van der Waals surface area contributed by atoms with Crippen LogP contribution in [0, 0.1) is 10.1 Å². The molecule has 9 heteroatoms. The number of hydrogen-bond donors (Lipinski definition) is 3. The van der Waals surface area contributed by atoms with Gasteiger partial charge < -0.3 is 16.4 Å². The number of hydrogen-bond acceptors (Lipinski definition) is 7. The summed E-state index contributed by atoms with van der Waals surface area (Å²) in [5.41, 5.74) is 10.8. The topological polar surface area (TPSA) is 123 Å². The number of anilines is 3. The van der Waals surface area contributed by atoms with Crippen LogP contribution >= 0.6 is 11.3 Å². The normalized spacial score (nSPS) is 13.9. The van der Waals surface area contributed by atoms with E-state index in [1.54, 1.807) is 6.07 Å². The van der Waals surface area contributed by atoms with Crippen molar-refractivity contribution in [2.75, 3.05) is 16.4 Å². The van der Waals surface area contributed by atoms with Gasteiger partial charge in [-0.1, -0.05) is 42.5 Å². The highest BCUT2D eigenvalue weighted by Crippen LogP contribution is 2.39. The third-order valence-corrected chi connectivity index (χ3v) is 5.92. The first kappa shape index (κ1) is 20.4. The maximum Gasteiger partial charge on any atom is 0.270 e. The number of nitrogens with two attached hydrogens (primary N) is 1. The molecule has 8 nitrogen and oxygen atoms in total. The average Bonchev–Trinajstić information content (AvgIpc) is 3.40. The maximum atomic E-state index is 13.0. The van der Waals surface area contributed by atoms with Gasteiger partial charge in [0.25, 0.3) is 11.6 Å². The Bertz CT molecular complexity index is 1410. The van der Waals surface area contributed by atoms with E-state index in [4.69, 9.17) is 5.73 Å². The molecule has 0 spiro atoms. The van der Waals surface area contributed by atoms with Crippen molar-refractivity contribution in [1.29, 1.82) is 0 Å². The molecule has 1 aromatic heterocycles. The quantitative estimate of drug-likeness (QED) is 0.215. The van der Waals surface area contributed by atoms with E-state index >= 15 is 0 Å². The van der Waals surface area contributed by atoms with Crippen LogP contribution < -0.4 is 16.4 Å². The molecule has 2 heterocycles. The first-order valence-corrected chi connectivity index (χ1v) is 10.9. The van der Waals surface area contributed by atoms with Gasteiger partial charge >= 0.3 is 0 Å². The van der Waals surface area contributed by atoms with Gasteiger partial charge in [0.05, 0.1) is 21.9 Å². The summed E-state index contributed by atoms with van der Waals surface area (Å²) in [7, 11) is 0. The number of carbonyl (C=O) groups excluding carboxylic acids is 1. The number of nitrogens with one attached hydrogen (secondary N) is 2. The van der Waals surface area contributed by atoms with Crippen LogP contribution in [0.3, 0.4) is 0 Å². The molecule has 1 aliphatic rings. The van der Waals surface area contributed by atoms with Gasteiger partial charge in [-0.3, -0.25) is 14.9 Å². The highest BCUT2D eigenvalue weighted by molar-refractivity contribution is 7.13. The van der Waals surface area contributed by atoms with Gasteiger partial charge in [-0.15, -0.1) is 11.3 Å². The van der Waals surface area contributed by atoms with Crippen molar-refractivity contribution < 1.29 is 9.72 Å². The van der Waals surface area contributed by atoms with E-state index in [9.17, 15) is 14.9 Å². The Morgan fingerprint density at radius 2 is 1.82 bits per heavy atom. The molecule has 5 rings (SSSR count). The minimum Gasteiger partial charge on any atom is -0.375 e. The number of carbonyl (C=O) groups is 1. The summed E-state index contributed by atoms with van der Waals surface area (Å²) in [4.78, 5) is 28.1. The Kier molecular flexibility index (Phi) is 5.08. The molecular weight excluding hydrogens is 438 g/mol. The van der Waals surface area contributed by atoms with Gasteiger partial charge in [-0.05, 0) is 23.8 Å². The summed E-state index contributed by atoms with van der Waals surface area (Å²) in [5, 5.41) is 19.9. The lowest BCUT2D eigenvalue weighted by Crippen LogP contribution is -2.10. The van der Waals surface area contributed by atoms with E-state index in [1.165, 1.54) is 23.5 Å². The first-order chi connectivity index (χ1) is 16.0. The largest absolute Gasteiger partial charge is 0.375 e. The highest BCUT2D eigenvalue weighted by atomic mass is 32.1. The van der Waals surface area contributed by atoms with Crippen LogP contribution in [0.25, 0.3) is 22.5 Å². The van der Waals surface area contributed by atoms with Crippen molar-refractivity contribution in [2.45, 2.75) is 0 Å². The van der Waals surface area contributed by atoms with Gasteiger partial charge in [0, 0.05) is 40.0 Å². The summed E-state index contributed by atoms with van der Waals surface area (Å²) < 4.78 is 0. The second-order valence-corrected chi connectivity index (χ2v) is 8.22. The lowest BCUT2D eigenvalue weighted by Gasteiger charge is -2.15. The van der Waals surface area contributed by atoms with Gasteiger partial charge in [0.15, 0.2) is 5.13 Å². The fraction of sp³-hybridized carbons (Fsp3) is 0. The number of nitro benzene ring substituents is 1. The molecule has 0 bridgehead atoms. The standard InChI is InChI=1S/C24H17N5O3S/c25-24-28-20(13-33-24)14-6-8-16(9-7-14)26-22(15-4-2-1-3-5-15)21-18-12-17(29(31)32)10-11-19(18)27-23(21)30/h1-13,26H,(H2,25,28)(H,27,30). The smallest absolute Gasteiger partial charge is 0.270 e. The molecule has 3 aromatic carbocycles. The summed E-state index contributed by atoms with van der Waals surface area (Å²) >= 11 is 1.38. The molecule has 0 saturated carbocycles. The molecule has 0 fully saturated rings. The van der Waals surface area contributed by atoms with E-state index in [2.05, 4.69) is 15.6 Å².